The van der Waals surface area contributed by atoms with Crippen LogP contribution in [0, 0.1) is 5.41 Å². The van der Waals surface area contributed by atoms with Gasteiger partial charge in [0.1, 0.15) is 0 Å². The Hall–Kier alpha value is -0.610. The zero-order valence-electron chi connectivity index (χ0n) is 11.8. The maximum Gasteiger partial charge on any atom is 0.219 e. The van der Waals surface area contributed by atoms with Gasteiger partial charge >= 0.3 is 0 Å². The second kappa shape index (κ2) is 6.02. The van der Waals surface area contributed by atoms with E-state index in [0.29, 0.717) is 5.41 Å². The third kappa shape index (κ3) is 3.23. The molecule has 4 nitrogen and oxygen atoms in total. The molecule has 2 heterocycles. The fourth-order valence-electron chi connectivity index (χ4n) is 3.36. The Bertz CT molecular complexity index is 286. The summed E-state index contributed by atoms with van der Waals surface area (Å²) in [5.41, 5.74) is 0.410. The van der Waals surface area contributed by atoms with Gasteiger partial charge in [-0.1, -0.05) is 0 Å². The van der Waals surface area contributed by atoms with Crippen molar-refractivity contribution in [2.24, 2.45) is 5.41 Å². The van der Waals surface area contributed by atoms with Gasteiger partial charge in [-0.15, -0.1) is 0 Å². The minimum Gasteiger partial charge on any atom is -0.383 e. The predicted molar refractivity (Wildman–Crippen MR) is 71.5 cm³/mol. The zero-order chi connectivity index (χ0) is 13.0. The Kier molecular flexibility index (Phi) is 4.62. The van der Waals surface area contributed by atoms with Crippen LogP contribution in [-0.2, 0) is 9.53 Å². The predicted octanol–water partition coefficient (Wildman–Crippen LogP) is 1.36. The lowest BCUT2D eigenvalue weighted by atomic mass is 9.72. The highest BCUT2D eigenvalue weighted by molar-refractivity contribution is 5.73. The van der Waals surface area contributed by atoms with Gasteiger partial charge in [-0.05, 0) is 44.2 Å². The molecule has 104 valence electrons. The number of ether oxygens (including phenoxy) is 1. The molecular formula is C14H26N2O2. The van der Waals surface area contributed by atoms with Crippen molar-refractivity contribution in [2.75, 3.05) is 46.4 Å². The average Bonchev–Trinajstić information content (AvgIpc) is 2.38. The van der Waals surface area contributed by atoms with Gasteiger partial charge in [-0.25, -0.2) is 0 Å². The normalized spacial score (nSPS) is 24.4. The zero-order valence-corrected chi connectivity index (χ0v) is 11.8. The van der Waals surface area contributed by atoms with Crippen LogP contribution in [0.15, 0.2) is 0 Å². The van der Waals surface area contributed by atoms with Crippen LogP contribution in [0.5, 0.6) is 0 Å². The van der Waals surface area contributed by atoms with Crippen molar-refractivity contribution in [3.05, 3.63) is 0 Å². The first-order chi connectivity index (χ1) is 8.65. The molecule has 2 rings (SSSR count). The number of carbonyl (C=O) groups excluding carboxylic acids is 1. The first-order valence-corrected chi connectivity index (χ1v) is 7.12. The molecule has 1 amide bonds. The van der Waals surface area contributed by atoms with Gasteiger partial charge in [0, 0.05) is 33.7 Å². The number of hydrogen-bond donors (Lipinski definition) is 0. The monoisotopic (exact) mass is 254 g/mol. The number of hydrogen-bond acceptors (Lipinski definition) is 3. The molecule has 4 heteroatoms. The van der Waals surface area contributed by atoms with Gasteiger partial charge in [0.15, 0.2) is 0 Å². The van der Waals surface area contributed by atoms with Gasteiger partial charge in [0.2, 0.25) is 5.91 Å². The van der Waals surface area contributed by atoms with E-state index in [1.165, 1.54) is 25.7 Å². The Morgan fingerprint density at radius 1 is 1.22 bits per heavy atom. The van der Waals surface area contributed by atoms with Crippen LogP contribution in [0.25, 0.3) is 0 Å². The Morgan fingerprint density at radius 3 is 2.56 bits per heavy atom. The fourth-order valence-corrected chi connectivity index (χ4v) is 3.36. The number of amides is 1. The van der Waals surface area contributed by atoms with E-state index in [9.17, 15) is 4.79 Å². The number of rotatable bonds is 3. The van der Waals surface area contributed by atoms with Crippen molar-refractivity contribution in [3.8, 4) is 0 Å². The Labute approximate surface area is 110 Å². The molecule has 0 aromatic heterocycles. The topological polar surface area (TPSA) is 32.8 Å². The quantitative estimate of drug-likeness (QED) is 0.762. The largest absolute Gasteiger partial charge is 0.383 e. The summed E-state index contributed by atoms with van der Waals surface area (Å²) in [4.78, 5) is 16.1. The van der Waals surface area contributed by atoms with Crippen LogP contribution in [-0.4, -0.2) is 62.1 Å². The lowest BCUT2D eigenvalue weighted by Crippen LogP contribution is -2.51. The van der Waals surface area contributed by atoms with Gasteiger partial charge in [-0.3, -0.25) is 4.79 Å². The standard InChI is InChI=1S/C14H26N2O2/c1-13(17)16-7-3-4-14(12-16)5-8-15(9-6-14)10-11-18-2/h3-12H2,1-2H3. The molecule has 0 atom stereocenters. The first kappa shape index (κ1) is 13.8. The summed E-state index contributed by atoms with van der Waals surface area (Å²) in [6.45, 7) is 7.84. The molecule has 0 aliphatic carbocycles. The summed E-state index contributed by atoms with van der Waals surface area (Å²) >= 11 is 0. The lowest BCUT2D eigenvalue weighted by molar-refractivity contribution is -0.133. The molecule has 0 aromatic carbocycles. The van der Waals surface area contributed by atoms with Gasteiger partial charge < -0.3 is 14.5 Å². The molecule has 0 radical (unpaired) electrons. The summed E-state index contributed by atoms with van der Waals surface area (Å²) in [7, 11) is 1.76. The molecule has 0 unspecified atom stereocenters. The second-order valence-corrected chi connectivity index (χ2v) is 5.88. The molecule has 2 aliphatic rings. The highest BCUT2D eigenvalue weighted by Gasteiger charge is 2.38. The summed E-state index contributed by atoms with van der Waals surface area (Å²) in [6, 6.07) is 0. The van der Waals surface area contributed by atoms with Crippen molar-refractivity contribution in [3.63, 3.8) is 0 Å². The molecule has 2 fully saturated rings. The molecule has 0 saturated carbocycles. The molecule has 0 aromatic rings. The van der Waals surface area contributed by atoms with E-state index in [2.05, 4.69) is 4.90 Å². The molecule has 0 N–H and O–H groups in total. The van der Waals surface area contributed by atoms with Crippen molar-refractivity contribution in [1.82, 2.24) is 9.80 Å². The minimum atomic E-state index is 0.246. The van der Waals surface area contributed by atoms with Crippen LogP contribution in [0.2, 0.25) is 0 Å². The van der Waals surface area contributed by atoms with Crippen molar-refractivity contribution in [2.45, 2.75) is 32.6 Å². The number of nitrogens with zero attached hydrogens (tertiary/aromatic N) is 2. The number of carbonyl (C=O) groups is 1. The third-order valence-electron chi connectivity index (χ3n) is 4.64. The van der Waals surface area contributed by atoms with E-state index >= 15 is 0 Å². The molecule has 2 saturated heterocycles. The van der Waals surface area contributed by atoms with Gasteiger partial charge in [0.05, 0.1) is 6.61 Å². The number of methoxy groups -OCH3 is 1. The van der Waals surface area contributed by atoms with E-state index in [0.717, 1.165) is 39.3 Å². The maximum absolute atomic E-state index is 11.5. The van der Waals surface area contributed by atoms with Crippen molar-refractivity contribution in [1.29, 1.82) is 0 Å². The summed E-state index contributed by atoms with van der Waals surface area (Å²) < 4.78 is 5.14. The Balaban J connectivity index is 1.85. The van der Waals surface area contributed by atoms with E-state index in [-0.39, 0.29) is 5.91 Å². The van der Waals surface area contributed by atoms with Crippen LogP contribution < -0.4 is 0 Å². The van der Waals surface area contributed by atoms with E-state index in [4.69, 9.17) is 4.74 Å². The van der Waals surface area contributed by atoms with Crippen LogP contribution in [0.3, 0.4) is 0 Å². The summed E-state index contributed by atoms with van der Waals surface area (Å²) in [5, 5.41) is 0. The summed E-state index contributed by atoms with van der Waals surface area (Å²) in [6.07, 6.45) is 4.95. The van der Waals surface area contributed by atoms with Crippen LogP contribution in [0.1, 0.15) is 32.6 Å². The molecule has 1 spiro atoms. The molecule has 0 bridgehead atoms. The summed E-state index contributed by atoms with van der Waals surface area (Å²) in [5.74, 6) is 0.246. The van der Waals surface area contributed by atoms with E-state index < -0.39 is 0 Å². The number of likely N-dealkylation sites (tertiary alicyclic amines) is 2. The second-order valence-electron chi connectivity index (χ2n) is 5.88. The smallest absolute Gasteiger partial charge is 0.219 e. The van der Waals surface area contributed by atoms with Crippen molar-refractivity contribution < 1.29 is 9.53 Å². The third-order valence-corrected chi connectivity index (χ3v) is 4.64. The number of piperidine rings is 2. The average molecular weight is 254 g/mol. The van der Waals surface area contributed by atoms with Gasteiger partial charge in [0.25, 0.3) is 0 Å². The van der Waals surface area contributed by atoms with E-state index in [1.807, 2.05) is 4.90 Å². The fraction of sp³-hybridized carbons (Fsp3) is 0.929. The first-order valence-electron chi connectivity index (χ1n) is 7.12. The lowest BCUT2D eigenvalue weighted by Gasteiger charge is -2.47. The van der Waals surface area contributed by atoms with Crippen LogP contribution in [0.4, 0.5) is 0 Å². The highest BCUT2D eigenvalue weighted by atomic mass is 16.5. The van der Waals surface area contributed by atoms with Crippen molar-refractivity contribution >= 4 is 5.91 Å². The van der Waals surface area contributed by atoms with Gasteiger partial charge in [-0.2, -0.15) is 0 Å². The van der Waals surface area contributed by atoms with Crippen LogP contribution >= 0.6 is 0 Å². The molecule has 2 aliphatic heterocycles. The molecular weight excluding hydrogens is 228 g/mol. The SMILES string of the molecule is COCCN1CCC2(CCCN(C(C)=O)C2)CC1. The Morgan fingerprint density at radius 2 is 1.94 bits per heavy atom. The van der Waals surface area contributed by atoms with E-state index in [1.54, 1.807) is 14.0 Å². The maximum atomic E-state index is 11.5. The minimum absolute atomic E-state index is 0.246. The molecule has 18 heavy (non-hydrogen) atoms. The highest BCUT2D eigenvalue weighted by Crippen LogP contribution is 2.39.